The van der Waals surface area contributed by atoms with E-state index in [1.54, 1.807) is 32.1 Å². The molecule has 0 aliphatic heterocycles. The second kappa shape index (κ2) is 9.63. The summed E-state index contributed by atoms with van der Waals surface area (Å²) >= 11 is 0. The number of fused-ring (bicyclic) bond motifs is 1. The average molecular weight is 443 g/mol. The quantitative estimate of drug-likeness (QED) is 0.650. The maximum atomic E-state index is 15.4. The minimum atomic E-state index is -3.91. The molecule has 29 heavy (non-hydrogen) atoms. The van der Waals surface area contributed by atoms with E-state index in [0.717, 1.165) is 32.2 Å². The third-order valence-corrected chi connectivity index (χ3v) is 7.49. The fourth-order valence-electron chi connectivity index (χ4n) is 4.04. The molecular formula is C22H32ClFN2O2S. The first-order chi connectivity index (χ1) is 13.3. The van der Waals surface area contributed by atoms with Crippen LogP contribution in [0.15, 0.2) is 42.5 Å². The van der Waals surface area contributed by atoms with Crippen molar-refractivity contribution in [3.63, 3.8) is 0 Å². The highest BCUT2D eigenvalue weighted by atomic mass is 35.5. The molecule has 1 aromatic rings. The Balaban J connectivity index is 0.00000300. The number of anilines is 1. The molecule has 162 valence electrons. The van der Waals surface area contributed by atoms with Gasteiger partial charge in [-0.15, -0.1) is 12.4 Å². The highest BCUT2D eigenvalue weighted by Crippen LogP contribution is 2.36. The SMILES string of the molecule is CCCN[C@H]1CCc2cc(NS(=O)(=O)[C@H]3C=CC=CC3(F)C(C)C)ccc2C1.Cl. The zero-order valence-corrected chi connectivity index (χ0v) is 19.0. The molecule has 1 aromatic carbocycles. The number of halogens is 2. The number of nitrogens with one attached hydrogen (secondary N) is 2. The van der Waals surface area contributed by atoms with Gasteiger partial charge in [0.15, 0.2) is 5.67 Å². The lowest BCUT2D eigenvalue weighted by Gasteiger charge is -2.34. The summed E-state index contributed by atoms with van der Waals surface area (Å²) in [5, 5.41) is 2.31. The Morgan fingerprint density at radius 3 is 2.69 bits per heavy atom. The largest absolute Gasteiger partial charge is 0.314 e. The minimum Gasteiger partial charge on any atom is -0.314 e. The Morgan fingerprint density at radius 2 is 2.00 bits per heavy atom. The van der Waals surface area contributed by atoms with Gasteiger partial charge in [-0.2, -0.15) is 0 Å². The van der Waals surface area contributed by atoms with Crippen LogP contribution in [0.4, 0.5) is 10.1 Å². The summed E-state index contributed by atoms with van der Waals surface area (Å²) in [4.78, 5) is 0. The molecule has 3 rings (SSSR count). The van der Waals surface area contributed by atoms with Crippen LogP contribution in [0.3, 0.4) is 0 Å². The van der Waals surface area contributed by atoms with Crippen molar-refractivity contribution >= 4 is 28.1 Å². The van der Waals surface area contributed by atoms with Gasteiger partial charge in [-0.25, -0.2) is 12.8 Å². The molecule has 0 aromatic heterocycles. The number of allylic oxidation sites excluding steroid dienone is 3. The normalized spacial score (nSPS) is 26.1. The van der Waals surface area contributed by atoms with Crippen molar-refractivity contribution in [1.29, 1.82) is 0 Å². The van der Waals surface area contributed by atoms with Crippen LogP contribution < -0.4 is 10.0 Å². The summed E-state index contributed by atoms with van der Waals surface area (Å²) in [6.45, 7) is 6.58. The molecule has 0 spiro atoms. The van der Waals surface area contributed by atoms with Crippen molar-refractivity contribution in [3.8, 4) is 0 Å². The molecule has 2 N–H and O–H groups in total. The van der Waals surface area contributed by atoms with Gasteiger partial charge in [0.2, 0.25) is 10.0 Å². The van der Waals surface area contributed by atoms with Gasteiger partial charge in [-0.3, -0.25) is 4.72 Å². The van der Waals surface area contributed by atoms with Crippen LogP contribution >= 0.6 is 12.4 Å². The maximum Gasteiger partial charge on any atom is 0.242 e. The van der Waals surface area contributed by atoms with Crippen molar-refractivity contribution in [1.82, 2.24) is 5.32 Å². The van der Waals surface area contributed by atoms with Gasteiger partial charge in [0.25, 0.3) is 0 Å². The number of aryl methyl sites for hydroxylation is 1. The van der Waals surface area contributed by atoms with Gasteiger partial charge in [0.1, 0.15) is 5.25 Å². The van der Waals surface area contributed by atoms with Crippen LogP contribution in [0, 0.1) is 5.92 Å². The maximum absolute atomic E-state index is 15.4. The van der Waals surface area contributed by atoms with Gasteiger partial charge in [0, 0.05) is 11.7 Å². The molecule has 0 saturated heterocycles. The van der Waals surface area contributed by atoms with E-state index >= 15 is 4.39 Å². The molecule has 3 atom stereocenters. The summed E-state index contributed by atoms with van der Waals surface area (Å²) in [5.74, 6) is -0.452. The predicted octanol–water partition coefficient (Wildman–Crippen LogP) is 4.57. The van der Waals surface area contributed by atoms with Crippen LogP contribution in [0.2, 0.25) is 0 Å². The zero-order valence-electron chi connectivity index (χ0n) is 17.3. The van der Waals surface area contributed by atoms with E-state index in [1.165, 1.54) is 23.3 Å². The summed E-state index contributed by atoms with van der Waals surface area (Å²) in [7, 11) is -3.91. The van der Waals surface area contributed by atoms with Crippen molar-refractivity contribution < 1.29 is 12.8 Å². The Bertz CT molecular complexity index is 870. The van der Waals surface area contributed by atoms with Crippen molar-refractivity contribution in [2.45, 2.75) is 63.4 Å². The van der Waals surface area contributed by atoms with E-state index in [1.807, 2.05) is 12.1 Å². The van der Waals surface area contributed by atoms with Crippen LogP contribution in [-0.2, 0) is 22.9 Å². The Hall–Kier alpha value is -1.37. The van der Waals surface area contributed by atoms with E-state index in [0.29, 0.717) is 11.7 Å². The highest BCUT2D eigenvalue weighted by Gasteiger charge is 2.47. The molecule has 1 unspecified atom stereocenters. The lowest BCUT2D eigenvalue weighted by atomic mass is 9.86. The van der Waals surface area contributed by atoms with E-state index in [2.05, 4.69) is 17.0 Å². The molecule has 7 heteroatoms. The second-order valence-corrected chi connectivity index (χ2v) is 9.97. The molecule has 0 amide bonds. The summed E-state index contributed by atoms with van der Waals surface area (Å²) in [6, 6.07) is 6.17. The Kier molecular flexibility index (Phi) is 7.93. The molecule has 2 aliphatic carbocycles. The third kappa shape index (κ3) is 5.22. The molecular weight excluding hydrogens is 411 g/mol. The van der Waals surface area contributed by atoms with Crippen LogP contribution in [-0.4, -0.2) is 31.9 Å². The Morgan fingerprint density at radius 1 is 1.24 bits per heavy atom. The van der Waals surface area contributed by atoms with Crippen LogP contribution in [0.25, 0.3) is 0 Å². The number of rotatable bonds is 7. The molecule has 0 radical (unpaired) electrons. The predicted molar refractivity (Wildman–Crippen MR) is 121 cm³/mol. The van der Waals surface area contributed by atoms with Crippen molar-refractivity contribution in [2.24, 2.45) is 5.92 Å². The number of sulfonamides is 1. The van der Waals surface area contributed by atoms with Gasteiger partial charge in [0.05, 0.1) is 0 Å². The summed E-state index contributed by atoms with van der Waals surface area (Å²) in [5.41, 5.74) is 1.01. The molecule has 2 aliphatic rings. The van der Waals surface area contributed by atoms with Crippen molar-refractivity contribution in [2.75, 3.05) is 11.3 Å². The van der Waals surface area contributed by atoms with Gasteiger partial charge in [-0.1, -0.05) is 45.1 Å². The molecule has 4 nitrogen and oxygen atoms in total. The van der Waals surface area contributed by atoms with E-state index < -0.39 is 26.9 Å². The van der Waals surface area contributed by atoms with E-state index in [-0.39, 0.29) is 12.4 Å². The van der Waals surface area contributed by atoms with Gasteiger partial charge < -0.3 is 5.32 Å². The standard InChI is InChI=1S/C22H31FN2O2S.ClH/c1-4-13-24-19-10-8-18-15-20(11-9-17(18)14-19)25-28(26,27)21-7-5-6-12-22(21,23)16(2)3;/h5-7,9,11-12,15-16,19,21,24-25H,4,8,10,13-14H2,1-3H3;1H/t19-,21-,22?;/m0./s1. The highest BCUT2D eigenvalue weighted by molar-refractivity contribution is 7.93. The number of hydrogen-bond donors (Lipinski definition) is 2. The lowest BCUT2D eigenvalue weighted by molar-refractivity contribution is 0.164. The average Bonchev–Trinajstić information content (AvgIpc) is 2.66. The van der Waals surface area contributed by atoms with E-state index in [4.69, 9.17) is 0 Å². The smallest absolute Gasteiger partial charge is 0.242 e. The summed E-state index contributed by atoms with van der Waals surface area (Å²) < 4.78 is 44.0. The lowest BCUT2D eigenvalue weighted by Crippen LogP contribution is -2.47. The van der Waals surface area contributed by atoms with Gasteiger partial charge >= 0.3 is 0 Å². The van der Waals surface area contributed by atoms with Crippen molar-refractivity contribution in [3.05, 3.63) is 53.6 Å². The zero-order chi connectivity index (χ0) is 20.4. The van der Waals surface area contributed by atoms with Crippen LogP contribution in [0.5, 0.6) is 0 Å². The first kappa shape index (κ1) is 23.9. The fourth-order valence-corrected chi connectivity index (χ4v) is 5.75. The number of alkyl halides is 1. The van der Waals surface area contributed by atoms with Gasteiger partial charge in [-0.05, 0) is 67.5 Å². The second-order valence-electron chi connectivity index (χ2n) is 8.17. The first-order valence-corrected chi connectivity index (χ1v) is 11.7. The summed E-state index contributed by atoms with van der Waals surface area (Å²) in [6.07, 6.45) is 10.00. The minimum absolute atomic E-state index is 0. The fraction of sp³-hybridized carbons (Fsp3) is 0.545. The Labute approximate surface area is 180 Å². The first-order valence-electron chi connectivity index (χ1n) is 10.2. The topological polar surface area (TPSA) is 58.2 Å². The van der Waals surface area contributed by atoms with Crippen LogP contribution in [0.1, 0.15) is 44.7 Å². The van der Waals surface area contributed by atoms with E-state index in [9.17, 15) is 8.42 Å². The molecule has 0 bridgehead atoms. The monoisotopic (exact) mass is 442 g/mol. The third-order valence-electron chi connectivity index (χ3n) is 5.78. The molecule has 0 saturated carbocycles. The molecule has 0 heterocycles. The number of benzene rings is 1. The number of hydrogen-bond acceptors (Lipinski definition) is 3. The molecule has 0 fully saturated rings.